The van der Waals surface area contributed by atoms with Gasteiger partial charge in [0.15, 0.2) is 6.61 Å². The second-order valence-electron chi connectivity index (χ2n) is 7.67. The molecule has 2 aromatic heterocycles. The maximum absolute atomic E-state index is 14.2. The molecule has 0 aliphatic rings. The van der Waals surface area contributed by atoms with Crippen LogP contribution >= 0.6 is 0 Å². The van der Waals surface area contributed by atoms with Crippen molar-refractivity contribution in [2.24, 2.45) is 5.73 Å². The maximum Gasteiger partial charge on any atom is 0.255 e. The van der Waals surface area contributed by atoms with E-state index in [0.29, 0.717) is 28.3 Å². The minimum Gasteiger partial charge on any atom is -0.508 e. The zero-order valence-corrected chi connectivity index (χ0v) is 17.9. The van der Waals surface area contributed by atoms with Gasteiger partial charge in [-0.05, 0) is 55.7 Å². The van der Waals surface area contributed by atoms with Crippen LogP contribution in [0.25, 0.3) is 16.9 Å². The van der Waals surface area contributed by atoms with E-state index in [0.717, 1.165) is 16.8 Å². The lowest BCUT2D eigenvalue weighted by atomic mass is 10.0. The molecule has 0 atom stereocenters. The third kappa shape index (κ3) is 3.94. The fourth-order valence-corrected chi connectivity index (χ4v) is 3.75. The number of phenols is 1. The van der Waals surface area contributed by atoms with Crippen LogP contribution in [0.2, 0.25) is 0 Å². The number of anilines is 2. The van der Waals surface area contributed by atoms with Gasteiger partial charge in [0.25, 0.3) is 5.91 Å². The van der Waals surface area contributed by atoms with Crippen molar-refractivity contribution in [3.05, 3.63) is 71.2 Å². The SMILES string of the molecule is Cc1cccc(C)c1Nc1c(-c2c(C)cc(O)cc2OCC(N)=O)nc2ccc(F)cn12. The number of aromatic nitrogens is 2. The summed E-state index contributed by atoms with van der Waals surface area (Å²) in [5.74, 6) is -0.323. The Morgan fingerprint density at radius 3 is 2.56 bits per heavy atom. The maximum atomic E-state index is 14.2. The number of primary amides is 1. The number of nitrogens with zero attached hydrogens (tertiary/aromatic N) is 2. The number of phenolic OH excluding ortho intramolecular Hbond substituents is 1. The molecule has 2 heterocycles. The predicted octanol–water partition coefficient (Wildman–Crippen LogP) is 4.38. The zero-order valence-electron chi connectivity index (χ0n) is 17.9. The molecule has 32 heavy (non-hydrogen) atoms. The van der Waals surface area contributed by atoms with Gasteiger partial charge in [0.1, 0.15) is 34.5 Å². The number of aryl methyl sites for hydroxylation is 3. The molecule has 0 spiro atoms. The molecule has 7 nitrogen and oxygen atoms in total. The highest BCUT2D eigenvalue weighted by Gasteiger charge is 2.22. The summed E-state index contributed by atoms with van der Waals surface area (Å²) >= 11 is 0. The number of benzene rings is 2. The van der Waals surface area contributed by atoms with Gasteiger partial charge in [-0.2, -0.15) is 0 Å². The van der Waals surface area contributed by atoms with Crippen molar-refractivity contribution < 1.29 is 19.0 Å². The number of para-hydroxylation sites is 1. The van der Waals surface area contributed by atoms with Crippen molar-refractivity contribution in [2.75, 3.05) is 11.9 Å². The Bertz CT molecular complexity index is 1330. The summed E-state index contributed by atoms with van der Waals surface area (Å²) in [5.41, 5.74) is 10.4. The average Bonchev–Trinajstić information content (AvgIpc) is 3.05. The molecule has 4 N–H and O–H groups in total. The first-order valence-electron chi connectivity index (χ1n) is 10.0. The molecule has 0 saturated heterocycles. The Labute approximate surface area is 184 Å². The van der Waals surface area contributed by atoms with Crippen molar-refractivity contribution >= 4 is 23.1 Å². The second kappa shape index (κ2) is 8.22. The summed E-state index contributed by atoms with van der Waals surface area (Å²) in [4.78, 5) is 16.0. The molecule has 0 unspecified atom stereocenters. The quantitative estimate of drug-likeness (QED) is 0.418. The summed E-state index contributed by atoms with van der Waals surface area (Å²) in [6.45, 7) is 5.38. The van der Waals surface area contributed by atoms with Gasteiger partial charge in [-0.3, -0.25) is 9.20 Å². The Hall–Kier alpha value is -4.07. The number of carbonyl (C=O) groups excluding carboxylic acids is 1. The molecule has 0 aliphatic heterocycles. The highest BCUT2D eigenvalue weighted by molar-refractivity contribution is 5.86. The Kier molecular flexibility index (Phi) is 5.44. The minimum atomic E-state index is -0.650. The smallest absolute Gasteiger partial charge is 0.255 e. The van der Waals surface area contributed by atoms with E-state index in [1.54, 1.807) is 23.5 Å². The number of hydrogen-bond donors (Lipinski definition) is 3. The number of rotatable bonds is 6. The van der Waals surface area contributed by atoms with Crippen LogP contribution in [-0.4, -0.2) is 27.0 Å². The first-order valence-corrected chi connectivity index (χ1v) is 10.0. The number of amides is 1. The van der Waals surface area contributed by atoms with Crippen LogP contribution in [-0.2, 0) is 4.79 Å². The zero-order chi connectivity index (χ0) is 23.0. The van der Waals surface area contributed by atoms with E-state index < -0.39 is 11.7 Å². The monoisotopic (exact) mass is 434 g/mol. The van der Waals surface area contributed by atoms with Crippen molar-refractivity contribution in [2.45, 2.75) is 20.8 Å². The number of aromatic hydroxyl groups is 1. The predicted molar refractivity (Wildman–Crippen MR) is 121 cm³/mol. The third-order valence-corrected chi connectivity index (χ3v) is 5.20. The summed E-state index contributed by atoms with van der Waals surface area (Å²) in [6, 6.07) is 11.8. The van der Waals surface area contributed by atoms with E-state index in [9.17, 15) is 14.3 Å². The van der Waals surface area contributed by atoms with Crippen LogP contribution in [0.5, 0.6) is 11.5 Å². The number of imidazole rings is 1. The number of carbonyl (C=O) groups is 1. The Balaban J connectivity index is 1.98. The molecule has 164 valence electrons. The average molecular weight is 434 g/mol. The van der Waals surface area contributed by atoms with E-state index in [1.165, 1.54) is 18.3 Å². The molecule has 1 amide bonds. The fraction of sp³-hybridized carbons (Fsp3) is 0.167. The lowest BCUT2D eigenvalue weighted by Crippen LogP contribution is -2.20. The highest BCUT2D eigenvalue weighted by Crippen LogP contribution is 2.41. The van der Waals surface area contributed by atoms with Crippen molar-refractivity contribution in [1.29, 1.82) is 0 Å². The minimum absolute atomic E-state index is 0.0233. The van der Waals surface area contributed by atoms with Crippen molar-refractivity contribution in [3.63, 3.8) is 0 Å². The van der Waals surface area contributed by atoms with Crippen LogP contribution in [0.4, 0.5) is 15.9 Å². The van der Waals surface area contributed by atoms with Gasteiger partial charge in [0.05, 0.1) is 0 Å². The topological polar surface area (TPSA) is 102 Å². The molecule has 4 rings (SSSR count). The molecule has 0 aliphatic carbocycles. The first-order chi connectivity index (χ1) is 15.2. The number of nitrogens with two attached hydrogens (primary N) is 1. The molecule has 4 aromatic rings. The largest absolute Gasteiger partial charge is 0.508 e. The Morgan fingerprint density at radius 1 is 1.16 bits per heavy atom. The number of hydrogen-bond acceptors (Lipinski definition) is 5. The fourth-order valence-electron chi connectivity index (χ4n) is 3.75. The molecule has 2 aromatic carbocycles. The number of halogens is 1. The van der Waals surface area contributed by atoms with E-state index in [1.807, 2.05) is 32.0 Å². The number of ether oxygens (including phenoxy) is 1. The van der Waals surface area contributed by atoms with Crippen LogP contribution < -0.4 is 15.8 Å². The summed E-state index contributed by atoms with van der Waals surface area (Å²) in [6.07, 6.45) is 1.35. The number of nitrogens with one attached hydrogen (secondary N) is 1. The molecular formula is C24H23FN4O3. The molecule has 0 fully saturated rings. The summed E-state index contributed by atoms with van der Waals surface area (Å²) in [5, 5.41) is 13.5. The first kappa shape index (κ1) is 21.2. The van der Waals surface area contributed by atoms with E-state index in [-0.39, 0.29) is 18.1 Å². The van der Waals surface area contributed by atoms with Crippen molar-refractivity contribution in [1.82, 2.24) is 9.38 Å². The highest BCUT2D eigenvalue weighted by atomic mass is 19.1. The third-order valence-electron chi connectivity index (χ3n) is 5.20. The van der Waals surface area contributed by atoms with Crippen molar-refractivity contribution in [3.8, 4) is 22.8 Å². The van der Waals surface area contributed by atoms with Gasteiger partial charge in [0, 0.05) is 23.5 Å². The lowest BCUT2D eigenvalue weighted by molar-refractivity contribution is -0.119. The van der Waals surface area contributed by atoms with Gasteiger partial charge < -0.3 is 20.9 Å². The Morgan fingerprint density at radius 2 is 1.88 bits per heavy atom. The molecule has 0 saturated carbocycles. The molecular weight excluding hydrogens is 411 g/mol. The van der Waals surface area contributed by atoms with E-state index >= 15 is 0 Å². The molecule has 0 bridgehead atoms. The second-order valence-corrected chi connectivity index (χ2v) is 7.67. The standard InChI is InChI=1S/C24H23FN4O3/c1-13-5-4-6-14(2)22(13)28-24-23(27-20-8-7-16(25)11-29(20)24)21-15(3)9-17(30)10-18(21)32-12-19(26)31/h4-11,28,30H,12H2,1-3H3,(H2,26,31). The van der Waals surface area contributed by atoms with Gasteiger partial charge in [-0.25, -0.2) is 9.37 Å². The van der Waals surface area contributed by atoms with Crippen LogP contribution in [0.3, 0.4) is 0 Å². The molecule has 8 heteroatoms. The normalized spacial score (nSPS) is 11.0. The van der Waals surface area contributed by atoms with E-state index in [2.05, 4.69) is 5.32 Å². The van der Waals surface area contributed by atoms with Gasteiger partial charge >= 0.3 is 0 Å². The summed E-state index contributed by atoms with van der Waals surface area (Å²) in [7, 11) is 0. The van der Waals surface area contributed by atoms with Gasteiger partial charge in [-0.1, -0.05) is 18.2 Å². The van der Waals surface area contributed by atoms with E-state index in [4.69, 9.17) is 15.5 Å². The summed E-state index contributed by atoms with van der Waals surface area (Å²) < 4.78 is 21.4. The van der Waals surface area contributed by atoms with Crippen LogP contribution in [0.15, 0.2) is 48.7 Å². The number of fused-ring (bicyclic) bond motifs is 1. The van der Waals surface area contributed by atoms with Gasteiger partial charge in [-0.15, -0.1) is 0 Å². The lowest BCUT2D eigenvalue weighted by Gasteiger charge is -2.17. The molecule has 0 radical (unpaired) electrons. The number of pyridine rings is 1. The van der Waals surface area contributed by atoms with Gasteiger partial charge in [0.2, 0.25) is 0 Å². The van der Waals surface area contributed by atoms with Crippen LogP contribution in [0, 0.1) is 26.6 Å². The van der Waals surface area contributed by atoms with Crippen LogP contribution in [0.1, 0.15) is 16.7 Å².